The number of hydrogen-bond donors (Lipinski definition) is 1. The van der Waals surface area contributed by atoms with Crippen molar-refractivity contribution in [2.45, 2.75) is 32.7 Å². The lowest BCUT2D eigenvalue weighted by Gasteiger charge is -2.27. The number of ether oxygens (including phenoxy) is 1. The lowest BCUT2D eigenvalue weighted by atomic mass is 10.1. The van der Waals surface area contributed by atoms with Gasteiger partial charge >= 0.3 is 0 Å². The number of amides is 1. The lowest BCUT2D eigenvalue weighted by Crippen LogP contribution is -2.38. The summed E-state index contributed by atoms with van der Waals surface area (Å²) in [5.41, 5.74) is 6.92. The number of methoxy groups -OCH3 is 1. The molecule has 0 heterocycles. The Hall–Kier alpha value is -1.71. The van der Waals surface area contributed by atoms with Gasteiger partial charge in [-0.3, -0.25) is 4.79 Å². The van der Waals surface area contributed by atoms with Gasteiger partial charge in [-0.1, -0.05) is 6.07 Å². The molecule has 0 unspecified atom stereocenters. The number of nitrogen functional groups attached to an aromatic ring is 1. The fourth-order valence-electron chi connectivity index (χ4n) is 2.21. The lowest BCUT2D eigenvalue weighted by molar-refractivity contribution is 0.0693. The van der Waals surface area contributed by atoms with E-state index in [9.17, 15) is 4.79 Å². The average Bonchev–Trinajstić information content (AvgIpc) is 3.18. The van der Waals surface area contributed by atoms with E-state index in [2.05, 4.69) is 0 Å². The van der Waals surface area contributed by atoms with Crippen LogP contribution in [0.15, 0.2) is 18.2 Å². The fraction of sp³-hybridized carbons (Fsp3) is 0.533. The van der Waals surface area contributed by atoms with Crippen LogP contribution in [0.2, 0.25) is 0 Å². The first-order chi connectivity index (χ1) is 9.04. The minimum atomic E-state index is 0.00560. The Morgan fingerprint density at radius 2 is 2.16 bits per heavy atom. The van der Waals surface area contributed by atoms with E-state index in [0.29, 0.717) is 22.9 Å². The van der Waals surface area contributed by atoms with Crippen LogP contribution >= 0.6 is 0 Å². The molecule has 0 aromatic heterocycles. The molecule has 1 aromatic carbocycles. The van der Waals surface area contributed by atoms with Gasteiger partial charge in [0.15, 0.2) is 5.75 Å². The Kier molecular flexibility index (Phi) is 3.98. The number of carbonyl (C=O) groups excluding carboxylic acids is 1. The Labute approximate surface area is 114 Å². The van der Waals surface area contributed by atoms with E-state index in [1.54, 1.807) is 25.3 Å². The third-order valence-electron chi connectivity index (χ3n) is 3.52. The zero-order valence-electron chi connectivity index (χ0n) is 11.8. The van der Waals surface area contributed by atoms with E-state index in [-0.39, 0.29) is 11.9 Å². The molecule has 1 fully saturated rings. The Bertz CT molecular complexity index is 467. The van der Waals surface area contributed by atoms with Crippen molar-refractivity contribution in [2.24, 2.45) is 5.92 Å². The normalized spacial score (nSPS) is 14.5. The monoisotopic (exact) mass is 262 g/mol. The molecule has 1 aliphatic rings. The molecule has 4 nitrogen and oxygen atoms in total. The molecule has 4 heteroatoms. The maximum atomic E-state index is 12.7. The maximum absolute atomic E-state index is 12.7. The van der Waals surface area contributed by atoms with E-state index < -0.39 is 0 Å². The minimum absolute atomic E-state index is 0.00560. The summed E-state index contributed by atoms with van der Waals surface area (Å²) in [7, 11) is 1.54. The number of rotatable bonds is 5. The van der Waals surface area contributed by atoms with Crippen LogP contribution in [0.1, 0.15) is 37.0 Å². The fourth-order valence-corrected chi connectivity index (χ4v) is 2.21. The molecule has 1 aromatic rings. The second-order valence-corrected chi connectivity index (χ2v) is 5.42. The van der Waals surface area contributed by atoms with Crippen LogP contribution in [0, 0.1) is 5.92 Å². The zero-order valence-corrected chi connectivity index (χ0v) is 11.8. The molecule has 0 aliphatic heterocycles. The summed E-state index contributed by atoms with van der Waals surface area (Å²) < 4.78 is 5.28. The highest BCUT2D eigenvalue weighted by Crippen LogP contribution is 2.32. The minimum Gasteiger partial charge on any atom is -0.494 e. The Morgan fingerprint density at radius 3 is 2.68 bits per heavy atom. The van der Waals surface area contributed by atoms with Gasteiger partial charge in [0.1, 0.15) is 0 Å². The van der Waals surface area contributed by atoms with Crippen LogP contribution in [-0.4, -0.2) is 30.5 Å². The highest BCUT2D eigenvalue weighted by atomic mass is 16.5. The third kappa shape index (κ3) is 3.00. The summed E-state index contributed by atoms with van der Waals surface area (Å²) >= 11 is 0. The van der Waals surface area contributed by atoms with E-state index >= 15 is 0 Å². The summed E-state index contributed by atoms with van der Waals surface area (Å²) in [6.45, 7) is 4.91. The molecule has 1 amide bonds. The molecule has 2 N–H and O–H groups in total. The summed E-state index contributed by atoms with van der Waals surface area (Å²) in [4.78, 5) is 14.6. The number of nitrogens with zero attached hydrogens (tertiary/aromatic N) is 1. The second-order valence-electron chi connectivity index (χ2n) is 5.42. The van der Waals surface area contributed by atoms with Crippen molar-refractivity contribution >= 4 is 11.6 Å². The van der Waals surface area contributed by atoms with Gasteiger partial charge in [0.05, 0.1) is 18.4 Å². The summed E-state index contributed by atoms with van der Waals surface area (Å²) in [6, 6.07) is 5.50. The molecule has 1 aliphatic carbocycles. The molecule has 0 spiro atoms. The van der Waals surface area contributed by atoms with Gasteiger partial charge in [-0.25, -0.2) is 0 Å². The molecular weight excluding hydrogens is 240 g/mol. The van der Waals surface area contributed by atoms with Gasteiger partial charge in [0.25, 0.3) is 5.91 Å². The van der Waals surface area contributed by atoms with Crippen LogP contribution in [0.4, 0.5) is 5.69 Å². The topological polar surface area (TPSA) is 55.6 Å². The van der Waals surface area contributed by atoms with Crippen LogP contribution < -0.4 is 10.5 Å². The first-order valence-electron chi connectivity index (χ1n) is 6.78. The SMILES string of the molecule is COc1c(N)cccc1C(=O)N(CC1CC1)C(C)C. The molecule has 0 atom stereocenters. The standard InChI is InChI=1S/C15H22N2O2/c1-10(2)17(9-11-7-8-11)15(18)12-5-4-6-13(16)14(12)19-3/h4-6,10-11H,7-9,16H2,1-3H3. The largest absolute Gasteiger partial charge is 0.494 e. The maximum Gasteiger partial charge on any atom is 0.257 e. The molecule has 2 rings (SSSR count). The molecule has 104 valence electrons. The quantitative estimate of drug-likeness (QED) is 0.830. The van der Waals surface area contributed by atoms with Crippen molar-refractivity contribution in [1.82, 2.24) is 4.90 Å². The van der Waals surface area contributed by atoms with E-state index in [1.807, 2.05) is 18.7 Å². The predicted molar refractivity (Wildman–Crippen MR) is 76.3 cm³/mol. The Morgan fingerprint density at radius 1 is 1.47 bits per heavy atom. The van der Waals surface area contributed by atoms with E-state index in [0.717, 1.165) is 6.54 Å². The molecule has 19 heavy (non-hydrogen) atoms. The molecular formula is C15H22N2O2. The third-order valence-corrected chi connectivity index (χ3v) is 3.52. The number of carbonyl (C=O) groups is 1. The van der Waals surface area contributed by atoms with Crippen molar-refractivity contribution < 1.29 is 9.53 Å². The second kappa shape index (κ2) is 5.51. The smallest absolute Gasteiger partial charge is 0.257 e. The predicted octanol–water partition coefficient (Wildman–Crippen LogP) is 2.54. The van der Waals surface area contributed by atoms with E-state index in [1.165, 1.54) is 12.8 Å². The number of benzene rings is 1. The van der Waals surface area contributed by atoms with E-state index in [4.69, 9.17) is 10.5 Å². The van der Waals surface area contributed by atoms with Crippen LogP contribution in [0.25, 0.3) is 0 Å². The number of para-hydroxylation sites is 1. The molecule has 1 saturated carbocycles. The van der Waals surface area contributed by atoms with Gasteiger partial charge in [-0.05, 0) is 44.7 Å². The number of anilines is 1. The number of nitrogens with two attached hydrogens (primary N) is 1. The first kappa shape index (κ1) is 13.7. The molecule has 0 saturated heterocycles. The first-order valence-corrected chi connectivity index (χ1v) is 6.78. The Balaban J connectivity index is 2.27. The van der Waals surface area contributed by atoms with Crippen molar-refractivity contribution in [2.75, 3.05) is 19.4 Å². The highest BCUT2D eigenvalue weighted by Gasteiger charge is 2.30. The summed E-state index contributed by atoms with van der Waals surface area (Å²) in [6.07, 6.45) is 2.45. The van der Waals surface area contributed by atoms with Crippen LogP contribution in [-0.2, 0) is 0 Å². The van der Waals surface area contributed by atoms with Gasteiger partial charge in [-0.2, -0.15) is 0 Å². The van der Waals surface area contributed by atoms with Gasteiger partial charge in [0, 0.05) is 12.6 Å². The average molecular weight is 262 g/mol. The van der Waals surface area contributed by atoms with Crippen molar-refractivity contribution in [1.29, 1.82) is 0 Å². The highest BCUT2D eigenvalue weighted by molar-refractivity contribution is 5.98. The number of hydrogen-bond acceptors (Lipinski definition) is 3. The van der Waals surface area contributed by atoms with Gasteiger partial charge in [0.2, 0.25) is 0 Å². The zero-order chi connectivity index (χ0) is 14.0. The summed E-state index contributed by atoms with van der Waals surface area (Å²) in [5.74, 6) is 1.15. The summed E-state index contributed by atoms with van der Waals surface area (Å²) in [5, 5.41) is 0. The van der Waals surface area contributed by atoms with Crippen LogP contribution in [0.3, 0.4) is 0 Å². The van der Waals surface area contributed by atoms with Crippen molar-refractivity contribution in [3.05, 3.63) is 23.8 Å². The van der Waals surface area contributed by atoms with Crippen molar-refractivity contribution in [3.8, 4) is 5.75 Å². The molecule has 0 bridgehead atoms. The van der Waals surface area contributed by atoms with Crippen LogP contribution in [0.5, 0.6) is 5.75 Å². The van der Waals surface area contributed by atoms with Crippen molar-refractivity contribution in [3.63, 3.8) is 0 Å². The van der Waals surface area contributed by atoms with Gasteiger partial charge in [-0.15, -0.1) is 0 Å². The molecule has 0 radical (unpaired) electrons. The van der Waals surface area contributed by atoms with Gasteiger partial charge < -0.3 is 15.4 Å².